The second-order valence-electron chi connectivity index (χ2n) is 2.32. The Balaban J connectivity index is 2.88. The fraction of sp³-hybridized carbons (Fsp3) is 1.00. The van der Waals surface area contributed by atoms with Gasteiger partial charge >= 0.3 is 0 Å². The minimum absolute atomic E-state index is 0.205. The first-order valence-corrected chi connectivity index (χ1v) is 3.80. The van der Waals surface area contributed by atoms with Crippen molar-refractivity contribution >= 4 is 0 Å². The second kappa shape index (κ2) is 6.05. The van der Waals surface area contributed by atoms with E-state index < -0.39 is 0 Å². The molecule has 2 heteroatoms. The van der Waals surface area contributed by atoms with Crippen LogP contribution in [0.3, 0.4) is 0 Å². The third kappa shape index (κ3) is 5.80. The van der Waals surface area contributed by atoms with Crippen LogP contribution in [0.4, 0.5) is 0 Å². The average Bonchev–Trinajstić information content (AvgIpc) is 1.89. The minimum atomic E-state index is 0.205. The molecule has 0 aliphatic rings. The van der Waals surface area contributed by atoms with E-state index in [9.17, 15) is 0 Å². The lowest BCUT2D eigenvalue weighted by Gasteiger charge is -2.09. The summed E-state index contributed by atoms with van der Waals surface area (Å²) < 4.78 is 0. The molecule has 0 heterocycles. The van der Waals surface area contributed by atoms with Crippen molar-refractivity contribution in [1.29, 1.82) is 0 Å². The lowest BCUT2D eigenvalue weighted by atomic mass is 10.3. The van der Waals surface area contributed by atoms with Gasteiger partial charge < -0.3 is 11.1 Å². The minimum Gasteiger partial charge on any atom is -0.316 e. The zero-order chi connectivity index (χ0) is 7.11. The molecule has 0 aromatic heterocycles. The molecule has 0 aromatic carbocycles. The van der Waals surface area contributed by atoms with Gasteiger partial charge in [-0.25, -0.2) is 0 Å². The molecule has 0 aromatic rings. The fourth-order valence-electron chi connectivity index (χ4n) is 0.609. The topological polar surface area (TPSA) is 38.0 Å². The number of rotatable bonds is 5. The number of nitrogens with two attached hydrogens (primary N) is 1. The first kappa shape index (κ1) is 8.92. The maximum absolute atomic E-state index is 5.60. The third-order valence-electron chi connectivity index (χ3n) is 1.38. The van der Waals surface area contributed by atoms with Crippen LogP contribution < -0.4 is 11.1 Å². The van der Waals surface area contributed by atoms with E-state index in [1.807, 2.05) is 0 Å². The van der Waals surface area contributed by atoms with E-state index >= 15 is 0 Å². The Kier molecular flexibility index (Phi) is 5.99. The first-order chi connectivity index (χ1) is 4.31. The molecule has 0 aliphatic carbocycles. The van der Waals surface area contributed by atoms with E-state index in [-0.39, 0.29) is 6.17 Å². The Hall–Kier alpha value is -0.0800. The van der Waals surface area contributed by atoms with Gasteiger partial charge in [0.1, 0.15) is 0 Å². The zero-order valence-corrected chi connectivity index (χ0v) is 6.48. The van der Waals surface area contributed by atoms with Gasteiger partial charge in [-0.1, -0.05) is 20.3 Å². The highest BCUT2D eigenvalue weighted by Crippen LogP contribution is 1.84. The van der Waals surface area contributed by atoms with E-state index in [0.717, 1.165) is 13.0 Å². The predicted octanol–water partition coefficient (Wildman–Crippen LogP) is 1.07. The van der Waals surface area contributed by atoms with Crippen LogP contribution >= 0.6 is 0 Å². The van der Waals surface area contributed by atoms with E-state index in [2.05, 4.69) is 19.2 Å². The maximum Gasteiger partial charge on any atom is 0.0543 e. The van der Waals surface area contributed by atoms with Gasteiger partial charge in [0.15, 0.2) is 0 Å². The summed E-state index contributed by atoms with van der Waals surface area (Å²) in [6.45, 7) is 5.33. The van der Waals surface area contributed by atoms with Gasteiger partial charge in [-0.15, -0.1) is 0 Å². The highest BCUT2D eigenvalue weighted by Gasteiger charge is 1.93. The summed E-state index contributed by atoms with van der Waals surface area (Å²) in [6, 6.07) is 0. The molecule has 2 nitrogen and oxygen atoms in total. The predicted molar refractivity (Wildman–Crippen MR) is 41.2 cm³/mol. The molecule has 0 amide bonds. The SMILES string of the molecule is CCCCNC(N)CC. The van der Waals surface area contributed by atoms with Crippen LogP contribution in [0.25, 0.3) is 0 Å². The summed E-state index contributed by atoms with van der Waals surface area (Å²) in [5, 5.41) is 3.21. The molecule has 1 unspecified atom stereocenters. The Morgan fingerprint density at radius 1 is 1.44 bits per heavy atom. The van der Waals surface area contributed by atoms with Crippen molar-refractivity contribution < 1.29 is 0 Å². The van der Waals surface area contributed by atoms with Crippen LogP contribution in [0.5, 0.6) is 0 Å². The monoisotopic (exact) mass is 130 g/mol. The van der Waals surface area contributed by atoms with Crippen LogP contribution in [0.2, 0.25) is 0 Å². The molecule has 0 bridgehead atoms. The van der Waals surface area contributed by atoms with Crippen molar-refractivity contribution in [2.45, 2.75) is 39.3 Å². The van der Waals surface area contributed by atoms with Crippen molar-refractivity contribution in [3.8, 4) is 0 Å². The van der Waals surface area contributed by atoms with Gasteiger partial charge in [-0.2, -0.15) is 0 Å². The van der Waals surface area contributed by atoms with Crippen molar-refractivity contribution in [2.75, 3.05) is 6.54 Å². The molecular formula is C7H18N2. The largest absolute Gasteiger partial charge is 0.316 e. The van der Waals surface area contributed by atoms with Crippen molar-refractivity contribution in [3.05, 3.63) is 0 Å². The van der Waals surface area contributed by atoms with Gasteiger partial charge in [-0.05, 0) is 19.4 Å². The first-order valence-electron chi connectivity index (χ1n) is 3.80. The summed E-state index contributed by atoms with van der Waals surface area (Å²) >= 11 is 0. The molecule has 1 atom stereocenters. The van der Waals surface area contributed by atoms with Crippen LogP contribution in [0.1, 0.15) is 33.1 Å². The summed E-state index contributed by atoms with van der Waals surface area (Å²) in [5.74, 6) is 0. The quantitative estimate of drug-likeness (QED) is 0.431. The van der Waals surface area contributed by atoms with Crippen molar-refractivity contribution in [2.24, 2.45) is 5.73 Å². The van der Waals surface area contributed by atoms with Gasteiger partial charge in [-0.3, -0.25) is 0 Å². The summed E-state index contributed by atoms with van der Waals surface area (Å²) in [6.07, 6.45) is 3.69. The third-order valence-corrected chi connectivity index (χ3v) is 1.38. The lowest BCUT2D eigenvalue weighted by molar-refractivity contribution is 0.503. The molecule has 0 saturated heterocycles. The van der Waals surface area contributed by atoms with Gasteiger partial charge in [0.05, 0.1) is 6.17 Å². The van der Waals surface area contributed by atoms with Crippen molar-refractivity contribution in [3.63, 3.8) is 0 Å². The van der Waals surface area contributed by atoms with Crippen LogP contribution in [0.15, 0.2) is 0 Å². The fourth-order valence-corrected chi connectivity index (χ4v) is 0.609. The van der Waals surface area contributed by atoms with E-state index in [0.29, 0.717) is 0 Å². The van der Waals surface area contributed by atoms with E-state index in [1.54, 1.807) is 0 Å². The molecule has 0 saturated carbocycles. The van der Waals surface area contributed by atoms with Crippen LogP contribution in [-0.2, 0) is 0 Å². The van der Waals surface area contributed by atoms with Crippen LogP contribution in [-0.4, -0.2) is 12.7 Å². The molecule has 0 radical (unpaired) electrons. The Bertz CT molecular complexity index is 54.9. The average molecular weight is 130 g/mol. The van der Waals surface area contributed by atoms with Gasteiger partial charge in [0.2, 0.25) is 0 Å². The van der Waals surface area contributed by atoms with E-state index in [1.165, 1.54) is 12.8 Å². The maximum atomic E-state index is 5.60. The van der Waals surface area contributed by atoms with Crippen LogP contribution in [0, 0.1) is 0 Å². The molecule has 0 aliphatic heterocycles. The molecule has 56 valence electrons. The molecule has 0 rings (SSSR count). The van der Waals surface area contributed by atoms with Crippen molar-refractivity contribution in [1.82, 2.24) is 5.32 Å². The Labute approximate surface area is 57.8 Å². The van der Waals surface area contributed by atoms with Gasteiger partial charge in [0.25, 0.3) is 0 Å². The number of hydrogen-bond acceptors (Lipinski definition) is 2. The summed E-state index contributed by atoms with van der Waals surface area (Å²) in [7, 11) is 0. The Morgan fingerprint density at radius 2 is 2.11 bits per heavy atom. The van der Waals surface area contributed by atoms with Gasteiger partial charge in [0, 0.05) is 0 Å². The second-order valence-corrected chi connectivity index (χ2v) is 2.32. The highest BCUT2D eigenvalue weighted by molar-refractivity contribution is 4.54. The zero-order valence-electron chi connectivity index (χ0n) is 6.48. The molecule has 0 fully saturated rings. The normalized spacial score (nSPS) is 13.7. The number of hydrogen-bond donors (Lipinski definition) is 2. The number of unbranched alkanes of at least 4 members (excludes halogenated alkanes) is 1. The molecule has 0 spiro atoms. The molecule has 3 N–H and O–H groups in total. The summed E-state index contributed by atoms with van der Waals surface area (Å²) in [5.41, 5.74) is 5.60. The highest BCUT2D eigenvalue weighted by atomic mass is 15.0. The molecule has 9 heavy (non-hydrogen) atoms. The lowest BCUT2D eigenvalue weighted by Crippen LogP contribution is -2.37. The Morgan fingerprint density at radius 3 is 2.56 bits per heavy atom. The van der Waals surface area contributed by atoms with E-state index in [4.69, 9.17) is 5.73 Å². The standard InChI is InChI=1S/C7H18N2/c1-3-5-6-9-7(8)4-2/h7,9H,3-6,8H2,1-2H3. The summed E-state index contributed by atoms with van der Waals surface area (Å²) in [4.78, 5) is 0. The smallest absolute Gasteiger partial charge is 0.0543 e. The number of nitrogens with one attached hydrogen (secondary N) is 1. The molecular weight excluding hydrogens is 112 g/mol.